The molecule has 1 saturated heterocycles. The lowest BCUT2D eigenvalue weighted by Crippen LogP contribution is -2.59. The van der Waals surface area contributed by atoms with Crippen LogP contribution in [0.1, 0.15) is 73.1 Å². The van der Waals surface area contributed by atoms with Gasteiger partial charge in [-0.05, 0) is 64.2 Å². The highest BCUT2D eigenvalue weighted by atomic mass is 16.6. The SMILES string of the molecule is CC(C)(C)OC(=O)N1C[C@@H]2[C@H](CC[C@]3(C)C(=O)CC[C@@H]23)[C@@]2(C)CCC(=O)C=C12. The number of Topliss-reactive ketones (excluding diaryl/α,β-unsaturated/α-hetero) is 1. The lowest BCUT2D eigenvalue weighted by Gasteiger charge is -2.59. The van der Waals surface area contributed by atoms with Crippen molar-refractivity contribution in [3.8, 4) is 0 Å². The maximum atomic E-state index is 13.1. The molecule has 5 nitrogen and oxygen atoms in total. The highest BCUT2D eigenvalue weighted by Crippen LogP contribution is 2.63. The Morgan fingerprint density at radius 1 is 1.07 bits per heavy atom. The monoisotopic (exact) mass is 387 g/mol. The molecule has 0 aromatic rings. The molecule has 0 aromatic heterocycles. The number of carbonyl (C=O) groups excluding carboxylic acids is 3. The van der Waals surface area contributed by atoms with E-state index in [9.17, 15) is 14.4 Å². The van der Waals surface area contributed by atoms with E-state index in [-0.39, 0.29) is 28.6 Å². The van der Waals surface area contributed by atoms with E-state index in [4.69, 9.17) is 4.74 Å². The van der Waals surface area contributed by atoms with E-state index in [1.54, 1.807) is 11.0 Å². The van der Waals surface area contributed by atoms with E-state index in [2.05, 4.69) is 13.8 Å². The van der Waals surface area contributed by atoms with Crippen LogP contribution in [0.4, 0.5) is 4.79 Å². The largest absolute Gasteiger partial charge is 0.443 e. The number of likely N-dealkylation sites (tertiary alicyclic amines) is 1. The quantitative estimate of drug-likeness (QED) is 0.614. The summed E-state index contributed by atoms with van der Waals surface area (Å²) >= 11 is 0. The fourth-order valence-corrected chi connectivity index (χ4v) is 6.57. The second-order valence-electron chi connectivity index (χ2n) is 10.8. The van der Waals surface area contributed by atoms with E-state index in [0.29, 0.717) is 37.0 Å². The van der Waals surface area contributed by atoms with Gasteiger partial charge in [-0.1, -0.05) is 13.8 Å². The maximum Gasteiger partial charge on any atom is 0.414 e. The number of fused-ring (bicyclic) bond motifs is 5. The molecule has 0 spiro atoms. The van der Waals surface area contributed by atoms with Crippen molar-refractivity contribution in [3.63, 3.8) is 0 Å². The third-order valence-corrected chi connectivity index (χ3v) is 8.04. The van der Waals surface area contributed by atoms with Gasteiger partial charge in [0.25, 0.3) is 0 Å². The van der Waals surface area contributed by atoms with Crippen LogP contribution in [0.15, 0.2) is 11.8 Å². The van der Waals surface area contributed by atoms with Crippen LogP contribution in [-0.4, -0.2) is 34.7 Å². The van der Waals surface area contributed by atoms with Gasteiger partial charge in [-0.3, -0.25) is 14.5 Å². The van der Waals surface area contributed by atoms with E-state index in [1.807, 2.05) is 20.8 Å². The van der Waals surface area contributed by atoms with E-state index >= 15 is 0 Å². The van der Waals surface area contributed by atoms with Gasteiger partial charge in [0.1, 0.15) is 11.4 Å². The molecule has 3 fully saturated rings. The standard InChI is InChI=1S/C23H33NO4/c1-21(2,3)28-20(27)24-13-15-16-6-7-19(26)23(16,5)11-9-17(15)22(4)10-8-14(25)12-18(22)24/h12,15-17H,6-11,13H2,1-5H3/t15-,16-,17-,22+,23-/m0/s1. The van der Waals surface area contributed by atoms with Gasteiger partial charge in [0.15, 0.2) is 5.78 Å². The number of nitrogens with zero attached hydrogens (tertiary/aromatic N) is 1. The maximum absolute atomic E-state index is 13.1. The Kier molecular flexibility index (Phi) is 4.33. The summed E-state index contributed by atoms with van der Waals surface area (Å²) in [6, 6.07) is 0. The van der Waals surface area contributed by atoms with E-state index in [0.717, 1.165) is 31.4 Å². The first-order valence-electron chi connectivity index (χ1n) is 10.7. The zero-order valence-corrected chi connectivity index (χ0v) is 17.8. The molecule has 5 atom stereocenters. The molecule has 3 aliphatic carbocycles. The minimum Gasteiger partial charge on any atom is -0.443 e. The van der Waals surface area contributed by atoms with Gasteiger partial charge in [-0.15, -0.1) is 0 Å². The Hall–Kier alpha value is -1.65. The summed E-state index contributed by atoms with van der Waals surface area (Å²) in [7, 11) is 0. The second-order valence-corrected chi connectivity index (χ2v) is 10.8. The third kappa shape index (κ3) is 2.84. The van der Waals surface area contributed by atoms with E-state index in [1.165, 1.54) is 0 Å². The van der Waals surface area contributed by atoms with Gasteiger partial charge in [0.2, 0.25) is 0 Å². The van der Waals surface area contributed by atoms with Crippen molar-refractivity contribution in [2.24, 2.45) is 28.6 Å². The highest BCUT2D eigenvalue weighted by Gasteiger charge is 2.61. The predicted octanol–water partition coefficient (Wildman–Crippen LogP) is 4.50. The van der Waals surface area contributed by atoms with Crippen molar-refractivity contribution < 1.29 is 19.1 Å². The molecule has 4 aliphatic rings. The number of allylic oxidation sites excluding steroid dienone is 2. The number of hydrogen-bond donors (Lipinski definition) is 0. The minimum atomic E-state index is -0.589. The summed E-state index contributed by atoms with van der Waals surface area (Å²) < 4.78 is 5.71. The molecule has 1 aliphatic heterocycles. The van der Waals surface area contributed by atoms with Gasteiger partial charge in [0, 0.05) is 42.0 Å². The highest BCUT2D eigenvalue weighted by molar-refractivity contribution is 5.92. The molecule has 0 radical (unpaired) electrons. The Morgan fingerprint density at radius 3 is 2.43 bits per heavy atom. The molecular weight excluding hydrogens is 354 g/mol. The van der Waals surface area contributed by atoms with Crippen molar-refractivity contribution in [3.05, 3.63) is 11.8 Å². The molecule has 1 heterocycles. The first kappa shape index (κ1) is 19.7. The smallest absolute Gasteiger partial charge is 0.414 e. The average Bonchev–Trinajstić information content (AvgIpc) is 2.89. The lowest BCUT2D eigenvalue weighted by atomic mass is 9.50. The van der Waals surface area contributed by atoms with Crippen LogP contribution in [0.3, 0.4) is 0 Å². The van der Waals surface area contributed by atoms with Crippen LogP contribution in [0.5, 0.6) is 0 Å². The van der Waals surface area contributed by atoms with Gasteiger partial charge in [0.05, 0.1) is 0 Å². The van der Waals surface area contributed by atoms with Crippen LogP contribution in [0.25, 0.3) is 0 Å². The Labute approximate surface area is 167 Å². The average molecular weight is 388 g/mol. The molecular formula is C23H33NO4. The molecule has 4 rings (SSSR count). The first-order chi connectivity index (χ1) is 13.0. The molecule has 2 saturated carbocycles. The van der Waals surface area contributed by atoms with Crippen LogP contribution in [0.2, 0.25) is 0 Å². The molecule has 5 heteroatoms. The number of amides is 1. The Morgan fingerprint density at radius 2 is 1.75 bits per heavy atom. The van der Waals surface area contributed by atoms with Crippen molar-refractivity contribution in [1.82, 2.24) is 4.90 Å². The lowest BCUT2D eigenvalue weighted by molar-refractivity contribution is -0.134. The zero-order valence-electron chi connectivity index (χ0n) is 17.8. The predicted molar refractivity (Wildman–Crippen MR) is 105 cm³/mol. The summed E-state index contributed by atoms with van der Waals surface area (Å²) in [5, 5.41) is 0. The molecule has 0 bridgehead atoms. The number of rotatable bonds is 0. The first-order valence-corrected chi connectivity index (χ1v) is 10.7. The summed E-state index contributed by atoms with van der Waals surface area (Å²) in [5.41, 5.74) is -0.204. The van der Waals surface area contributed by atoms with Gasteiger partial charge in [-0.25, -0.2) is 4.79 Å². The zero-order chi connectivity index (χ0) is 20.5. The van der Waals surface area contributed by atoms with Crippen molar-refractivity contribution in [2.75, 3.05) is 6.54 Å². The molecule has 28 heavy (non-hydrogen) atoms. The second kappa shape index (κ2) is 6.17. The van der Waals surface area contributed by atoms with E-state index < -0.39 is 5.60 Å². The number of ether oxygens (including phenoxy) is 1. The number of hydrogen-bond acceptors (Lipinski definition) is 4. The summed E-state index contributed by atoms with van der Waals surface area (Å²) in [6.45, 7) is 10.5. The van der Waals surface area contributed by atoms with Crippen molar-refractivity contribution >= 4 is 17.7 Å². The molecule has 1 amide bonds. The molecule has 154 valence electrons. The number of carbonyl (C=O) groups is 3. The van der Waals surface area contributed by atoms with Crippen molar-refractivity contribution in [2.45, 2.75) is 78.7 Å². The molecule has 0 aromatic carbocycles. The van der Waals surface area contributed by atoms with Crippen LogP contribution in [-0.2, 0) is 14.3 Å². The fourth-order valence-electron chi connectivity index (χ4n) is 6.57. The summed E-state index contributed by atoms with van der Waals surface area (Å²) in [6.07, 6.45) is 6.14. The number of ketones is 2. The van der Waals surface area contributed by atoms with Crippen LogP contribution >= 0.6 is 0 Å². The summed E-state index contributed by atoms with van der Waals surface area (Å²) in [5.74, 6) is 1.50. The molecule has 0 N–H and O–H groups in total. The van der Waals surface area contributed by atoms with Crippen LogP contribution in [0, 0.1) is 28.6 Å². The third-order valence-electron chi connectivity index (χ3n) is 8.04. The summed E-state index contributed by atoms with van der Waals surface area (Å²) in [4.78, 5) is 39.7. The fraction of sp³-hybridized carbons (Fsp3) is 0.783. The Bertz CT molecular complexity index is 763. The minimum absolute atomic E-state index is 0.0937. The normalized spacial score (nSPS) is 40.4. The van der Waals surface area contributed by atoms with Gasteiger partial charge < -0.3 is 4.74 Å². The molecule has 0 unspecified atom stereocenters. The Balaban J connectivity index is 1.75. The van der Waals surface area contributed by atoms with Crippen molar-refractivity contribution in [1.29, 1.82) is 0 Å². The topological polar surface area (TPSA) is 63.7 Å². The number of piperidine rings is 1. The van der Waals surface area contributed by atoms with Gasteiger partial charge >= 0.3 is 6.09 Å². The van der Waals surface area contributed by atoms with Gasteiger partial charge in [-0.2, -0.15) is 0 Å². The van der Waals surface area contributed by atoms with Crippen LogP contribution < -0.4 is 0 Å².